The van der Waals surface area contributed by atoms with E-state index in [1.165, 1.54) is 6.07 Å². The monoisotopic (exact) mass is 347 g/mol. The van der Waals surface area contributed by atoms with Crippen molar-refractivity contribution in [2.24, 2.45) is 0 Å². The highest BCUT2D eigenvalue weighted by molar-refractivity contribution is 9.10. The van der Waals surface area contributed by atoms with E-state index >= 15 is 0 Å². The molecule has 0 unspecified atom stereocenters. The molecule has 0 aliphatic heterocycles. The van der Waals surface area contributed by atoms with Gasteiger partial charge in [0.15, 0.2) is 0 Å². The molecule has 0 atom stereocenters. The van der Waals surface area contributed by atoms with Crippen molar-refractivity contribution < 1.29 is 4.39 Å². The standard InChI is InChI=1S/C13H9BrCl2FN/c14-9-1-2-12(17)13(5-9)18-7-8-3-10(15)6-11(16)4-8/h1-6,18H,7H2. The van der Waals surface area contributed by atoms with Gasteiger partial charge in [-0.1, -0.05) is 39.1 Å². The van der Waals surface area contributed by atoms with E-state index in [2.05, 4.69) is 21.2 Å². The van der Waals surface area contributed by atoms with Crippen LogP contribution in [0.4, 0.5) is 10.1 Å². The highest BCUT2D eigenvalue weighted by atomic mass is 79.9. The molecule has 0 spiro atoms. The van der Waals surface area contributed by atoms with Crippen LogP contribution in [0.1, 0.15) is 5.56 Å². The highest BCUT2D eigenvalue weighted by Gasteiger charge is 2.03. The average molecular weight is 349 g/mol. The quantitative estimate of drug-likeness (QED) is 0.771. The maximum atomic E-state index is 13.5. The molecular formula is C13H9BrCl2FN. The molecule has 1 nitrogen and oxygen atoms in total. The van der Waals surface area contributed by atoms with Gasteiger partial charge in [0.05, 0.1) is 5.69 Å². The smallest absolute Gasteiger partial charge is 0.146 e. The Labute approximate surface area is 123 Å². The normalized spacial score (nSPS) is 10.4. The van der Waals surface area contributed by atoms with Gasteiger partial charge in [0.2, 0.25) is 0 Å². The SMILES string of the molecule is Fc1ccc(Br)cc1NCc1cc(Cl)cc(Cl)c1. The summed E-state index contributed by atoms with van der Waals surface area (Å²) in [4.78, 5) is 0. The Kier molecular flexibility index (Phi) is 4.49. The highest BCUT2D eigenvalue weighted by Crippen LogP contribution is 2.23. The van der Waals surface area contributed by atoms with Crippen molar-refractivity contribution in [1.82, 2.24) is 0 Å². The summed E-state index contributed by atoms with van der Waals surface area (Å²) in [6.45, 7) is 0.452. The Bertz CT molecular complexity index is 555. The first kappa shape index (κ1) is 13.7. The molecule has 2 aromatic rings. The van der Waals surface area contributed by atoms with Gasteiger partial charge in [0, 0.05) is 21.1 Å². The van der Waals surface area contributed by atoms with Crippen molar-refractivity contribution in [3.05, 3.63) is 62.3 Å². The second-order valence-corrected chi connectivity index (χ2v) is 5.54. The van der Waals surface area contributed by atoms with E-state index in [1.807, 2.05) is 0 Å². The topological polar surface area (TPSA) is 12.0 Å². The van der Waals surface area contributed by atoms with Crippen molar-refractivity contribution in [2.45, 2.75) is 6.54 Å². The summed E-state index contributed by atoms with van der Waals surface area (Å²) in [5.74, 6) is -0.300. The lowest BCUT2D eigenvalue weighted by Gasteiger charge is -2.09. The van der Waals surface area contributed by atoms with E-state index in [0.717, 1.165) is 10.0 Å². The molecule has 0 bridgehead atoms. The fourth-order valence-corrected chi connectivity index (χ4v) is 2.48. The Morgan fingerprint density at radius 3 is 2.39 bits per heavy atom. The Hall–Kier alpha value is -0.770. The van der Waals surface area contributed by atoms with Crippen molar-refractivity contribution in [3.8, 4) is 0 Å². The zero-order valence-corrected chi connectivity index (χ0v) is 12.3. The summed E-state index contributed by atoms with van der Waals surface area (Å²) in [7, 11) is 0. The van der Waals surface area contributed by atoms with Gasteiger partial charge in [0.1, 0.15) is 5.82 Å². The van der Waals surface area contributed by atoms with Gasteiger partial charge in [-0.15, -0.1) is 0 Å². The van der Waals surface area contributed by atoms with Crippen molar-refractivity contribution in [3.63, 3.8) is 0 Å². The summed E-state index contributed by atoms with van der Waals surface area (Å²) in [6.07, 6.45) is 0. The van der Waals surface area contributed by atoms with Gasteiger partial charge in [-0.05, 0) is 42.0 Å². The maximum absolute atomic E-state index is 13.5. The van der Waals surface area contributed by atoms with Crippen molar-refractivity contribution >= 4 is 44.8 Å². The first-order chi connectivity index (χ1) is 8.54. The molecule has 0 saturated carbocycles. The number of benzene rings is 2. The Morgan fingerprint density at radius 1 is 1.06 bits per heavy atom. The zero-order valence-electron chi connectivity index (χ0n) is 9.18. The van der Waals surface area contributed by atoms with Crippen LogP contribution >= 0.6 is 39.1 Å². The maximum Gasteiger partial charge on any atom is 0.146 e. The molecule has 2 rings (SSSR count). The average Bonchev–Trinajstić information content (AvgIpc) is 2.29. The summed E-state index contributed by atoms with van der Waals surface area (Å²) >= 11 is 15.1. The predicted molar refractivity (Wildman–Crippen MR) is 77.9 cm³/mol. The number of nitrogens with one attached hydrogen (secondary N) is 1. The largest absolute Gasteiger partial charge is 0.379 e. The van der Waals surface area contributed by atoms with Crippen LogP contribution in [0.2, 0.25) is 10.0 Å². The molecule has 0 heterocycles. The molecule has 0 fully saturated rings. The van der Waals surface area contributed by atoms with E-state index in [4.69, 9.17) is 23.2 Å². The molecule has 0 saturated heterocycles. The van der Waals surface area contributed by atoms with Crippen molar-refractivity contribution in [1.29, 1.82) is 0 Å². The van der Waals surface area contributed by atoms with Crippen LogP contribution in [0.5, 0.6) is 0 Å². The zero-order chi connectivity index (χ0) is 13.1. The number of hydrogen-bond acceptors (Lipinski definition) is 1. The summed E-state index contributed by atoms with van der Waals surface area (Å²) in [6, 6.07) is 9.97. The first-order valence-corrected chi connectivity index (χ1v) is 6.73. The fourth-order valence-electron chi connectivity index (χ4n) is 1.54. The van der Waals surface area contributed by atoms with Crippen LogP contribution in [-0.2, 0) is 6.54 Å². The van der Waals surface area contributed by atoms with E-state index in [1.54, 1.807) is 30.3 Å². The molecule has 5 heteroatoms. The van der Waals surface area contributed by atoms with Crippen molar-refractivity contribution in [2.75, 3.05) is 5.32 Å². The van der Waals surface area contributed by atoms with Gasteiger partial charge in [-0.25, -0.2) is 4.39 Å². The lowest BCUT2D eigenvalue weighted by molar-refractivity contribution is 0.630. The van der Waals surface area contributed by atoms with Gasteiger partial charge in [-0.3, -0.25) is 0 Å². The summed E-state index contributed by atoms with van der Waals surface area (Å²) < 4.78 is 14.3. The second-order valence-electron chi connectivity index (χ2n) is 3.76. The van der Waals surface area contributed by atoms with Gasteiger partial charge < -0.3 is 5.32 Å². The van der Waals surface area contributed by atoms with E-state index in [9.17, 15) is 4.39 Å². The van der Waals surface area contributed by atoms with Crippen LogP contribution < -0.4 is 5.32 Å². The van der Waals surface area contributed by atoms with Crippen LogP contribution in [-0.4, -0.2) is 0 Å². The lowest BCUT2D eigenvalue weighted by Crippen LogP contribution is -2.01. The minimum absolute atomic E-state index is 0.300. The van der Waals surface area contributed by atoms with Crippen LogP contribution in [0.25, 0.3) is 0 Å². The van der Waals surface area contributed by atoms with Crippen LogP contribution in [0.3, 0.4) is 0 Å². The molecule has 0 amide bonds. The minimum Gasteiger partial charge on any atom is -0.379 e. The number of hydrogen-bond donors (Lipinski definition) is 1. The fraction of sp³-hybridized carbons (Fsp3) is 0.0769. The van der Waals surface area contributed by atoms with Gasteiger partial charge in [-0.2, -0.15) is 0 Å². The Morgan fingerprint density at radius 2 is 1.72 bits per heavy atom. The minimum atomic E-state index is -0.300. The second kappa shape index (κ2) is 5.91. The number of halogens is 4. The summed E-state index contributed by atoms with van der Waals surface area (Å²) in [5, 5.41) is 4.13. The molecule has 0 aliphatic rings. The van der Waals surface area contributed by atoms with E-state index in [-0.39, 0.29) is 5.82 Å². The molecule has 0 aromatic heterocycles. The molecular weight excluding hydrogens is 340 g/mol. The third kappa shape index (κ3) is 3.61. The molecule has 0 aliphatic carbocycles. The molecule has 94 valence electrons. The third-order valence-electron chi connectivity index (χ3n) is 2.33. The number of anilines is 1. The lowest BCUT2D eigenvalue weighted by atomic mass is 10.2. The molecule has 0 radical (unpaired) electrons. The van der Waals surface area contributed by atoms with E-state index in [0.29, 0.717) is 22.3 Å². The van der Waals surface area contributed by atoms with Crippen LogP contribution in [0, 0.1) is 5.82 Å². The molecule has 2 aromatic carbocycles. The first-order valence-electron chi connectivity index (χ1n) is 5.18. The van der Waals surface area contributed by atoms with Gasteiger partial charge in [0.25, 0.3) is 0 Å². The number of rotatable bonds is 3. The molecule has 18 heavy (non-hydrogen) atoms. The Balaban J connectivity index is 2.13. The third-order valence-corrected chi connectivity index (χ3v) is 3.26. The summed E-state index contributed by atoms with van der Waals surface area (Å²) in [5.41, 5.74) is 1.33. The van der Waals surface area contributed by atoms with Gasteiger partial charge >= 0.3 is 0 Å². The molecule has 1 N–H and O–H groups in total. The van der Waals surface area contributed by atoms with Crippen LogP contribution in [0.15, 0.2) is 40.9 Å². The predicted octanol–water partition coefficient (Wildman–Crippen LogP) is 5.51. The van der Waals surface area contributed by atoms with E-state index < -0.39 is 0 Å².